The van der Waals surface area contributed by atoms with E-state index in [4.69, 9.17) is 23.2 Å². The van der Waals surface area contributed by atoms with Gasteiger partial charge in [-0.05, 0) is 43.9 Å². The highest BCUT2D eigenvalue weighted by atomic mass is 79.9. The van der Waals surface area contributed by atoms with E-state index in [9.17, 15) is 4.79 Å². The maximum Gasteiger partial charge on any atom is 0.254 e. The van der Waals surface area contributed by atoms with E-state index in [1.54, 1.807) is 18.2 Å². The van der Waals surface area contributed by atoms with Crippen LogP contribution in [0.2, 0.25) is 10.0 Å². The van der Waals surface area contributed by atoms with Crippen LogP contribution in [0, 0.1) is 0 Å². The van der Waals surface area contributed by atoms with Gasteiger partial charge in [0.05, 0.1) is 0 Å². The molecule has 1 aliphatic heterocycles. The van der Waals surface area contributed by atoms with Crippen LogP contribution in [0.25, 0.3) is 0 Å². The molecule has 1 unspecified atom stereocenters. The summed E-state index contributed by atoms with van der Waals surface area (Å²) in [7, 11) is 0. The number of benzene rings is 1. The lowest BCUT2D eigenvalue weighted by molar-refractivity contribution is 0.0610. The predicted octanol–water partition coefficient (Wildman–Crippen LogP) is 4.77. The molecule has 0 spiro atoms. The molecule has 104 valence electrons. The lowest BCUT2D eigenvalue weighted by Gasteiger charge is -2.35. The standard InChI is InChI=1S/C14H16BrCl2NO/c15-5-4-13-3-1-2-6-18(13)14(19)10-7-11(16)9-12(17)8-10/h7-9,13H,1-6H2. The fourth-order valence-corrected chi connectivity index (χ4v) is 3.59. The summed E-state index contributed by atoms with van der Waals surface area (Å²) < 4.78 is 0. The summed E-state index contributed by atoms with van der Waals surface area (Å²) in [5.74, 6) is 0.0371. The largest absolute Gasteiger partial charge is 0.336 e. The van der Waals surface area contributed by atoms with E-state index >= 15 is 0 Å². The van der Waals surface area contributed by atoms with Crippen LogP contribution in [0.4, 0.5) is 0 Å². The number of hydrogen-bond donors (Lipinski definition) is 0. The third-order valence-electron chi connectivity index (χ3n) is 3.44. The second-order valence-electron chi connectivity index (χ2n) is 4.78. The molecule has 0 aliphatic carbocycles. The molecule has 1 atom stereocenters. The van der Waals surface area contributed by atoms with E-state index in [2.05, 4.69) is 15.9 Å². The third-order valence-corrected chi connectivity index (χ3v) is 4.33. The van der Waals surface area contributed by atoms with Crippen molar-refractivity contribution in [2.45, 2.75) is 31.7 Å². The summed E-state index contributed by atoms with van der Waals surface area (Å²) in [6, 6.07) is 5.34. The monoisotopic (exact) mass is 363 g/mol. The van der Waals surface area contributed by atoms with Gasteiger partial charge in [0.25, 0.3) is 5.91 Å². The Kier molecular flexibility index (Phi) is 5.55. The molecule has 0 bridgehead atoms. The summed E-state index contributed by atoms with van der Waals surface area (Å²) in [6.45, 7) is 0.820. The van der Waals surface area contributed by atoms with Crippen molar-refractivity contribution in [3.8, 4) is 0 Å². The normalized spacial score (nSPS) is 19.5. The lowest BCUT2D eigenvalue weighted by atomic mass is 9.99. The van der Waals surface area contributed by atoms with E-state index in [1.807, 2.05) is 4.90 Å². The molecule has 1 amide bonds. The van der Waals surface area contributed by atoms with E-state index in [1.165, 1.54) is 6.42 Å². The summed E-state index contributed by atoms with van der Waals surface area (Å²) in [4.78, 5) is 14.5. The summed E-state index contributed by atoms with van der Waals surface area (Å²) >= 11 is 15.4. The van der Waals surface area contributed by atoms with E-state index in [0.717, 1.165) is 31.1 Å². The van der Waals surface area contributed by atoms with Gasteiger partial charge in [0, 0.05) is 33.5 Å². The molecule has 0 saturated carbocycles. The first-order valence-corrected chi connectivity index (χ1v) is 8.32. The van der Waals surface area contributed by atoms with Gasteiger partial charge in [0.2, 0.25) is 0 Å². The van der Waals surface area contributed by atoms with Gasteiger partial charge < -0.3 is 4.90 Å². The van der Waals surface area contributed by atoms with Gasteiger partial charge in [-0.25, -0.2) is 0 Å². The second kappa shape index (κ2) is 6.96. The molecule has 5 heteroatoms. The van der Waals surface area contributed by atoms with Crippen molar-refractivity contribution in [1.82, 2.24) is 4.90 Å². The van der Waals surface area contributed by atoms with Crippen LogP contribution in [0.3, 0.4) is 0 Å². The van der Waals surface area contributed by atoms with E-state index < -0.39 is 0 Å². The number of amides is 1. The quantitative estimate of drug-likeness (QED) is 0.707. The van der Waals surface area contributed by atoms with Crippen molar-refractivity contribution < 1.29 is 4.79 Å². The first-order chi connectivity index (χ1) is 9.11. The van der Waals surface area contributed by atoms with Crippen molar-refractivity contribution in [1.29, 1.82) is 0 Å². The minimum absolute atomic E-state index is 0.0371. The number of carbonyl (C=O) groups excluding carboxylic acids is 1. The van der Waals surface area contributed by atoms with Gasteiger partial charge in [0.1, 0.15) is 0 Å². The Morgan fingerprint density at radius 2 is 1.95 bits per heavy atom. The molecular formula is C14H16BrCl2NO. The SMILES string of the molecule is O=C(c1cc(Cl)cc(Cl)c1)N1CCCCC1CCBr. The number of hydrogen-bond acceptors (Lipinski definition) is 1. The Morgan fingerprint density at radius 3 is 2.58 bits per heavy atom. The van der Waals surface area contributed by atoms with E-state index in [0.29, 0.717) is 21.7 Å². The first kappa shape index (κ1) is 15.1. The third kappa shape index (κ3) is 3.87. The fourth-order valence-electron chi connectivity index (χ4n) is 2.54. The molecule has 0 radical (unpaired) electrons. The Hall–Kier alpha value is -0.250. The molecule has 1 aromatic carbocycles. The van der Waals surface area contributed by atoms with Gasteiger partial charge in [-0.15, -0.1) is 0 Å². The van der Waals surface area contributed by atoms with Gasteiger partial charge in [-0.2, -0.15) is 0 Å². The van der Waals surface area contributed by atoms with Crippen LogP contribution in [0.15, 0.2) is 18.2 Å². The van der Waals surface area contributed by atoms with Gasteiger partial charge in [-0.3, -0.25) is 4.79 Å². The van der Waals surface area contributed by atoms with Crippen LogP contribution in [-0.2, 0) is 0 Å². The average Bonchev–Trinajstić information content (AvgIpc) is 2.38. The fraction of sp³-hybridized carbons (Fsp3) is 0.500. The molecule has 19 heavy (non-hydrogen) atoms. The maximum atomic E-state index is 12.6. The Labute approximate surface area is 132 Å². The van der Waals surface area contributed by atoms with Crippen LogP contribution in [-0.4, -0.2) is 28.7 Å². The average molecular weight is 365 g/mol. The topological polar surface area (TPSA) is 20.3 Å². The number of piperidine rings is 1. The van der Waals surface area contributed by atoms with Crippen molar-refractivity contribution in [2.75, 3.05) is 11.9 Å². The number of halogens is 3. The molecule has 0 aromatic heterocycles. The predicted molar refractivity (Wildman–Crippen MR) is 83.5 cm³/mol. The summed E-state index contributed by atoms with van der Waals surface area (Å²) in [5, 5.41) is 1.92. The molecule has 1 aliphatic rings. The minimum Gasteiger partial charge on any atom is -0.336 e. The molecule has 1 heterocycles. The minimum atomic E-state index is 0.0371. The first-order valence-electron chi connectivity index (χ1n) is 6.45. The number of carbonyl (C=O) groups is 1. The number of alkyl halides is 1. The van der Waals surface area contributed by atoms with E-state index in [-0.39, 0.29) is 5.91 Å². The smallest absolute Gasteiger partial charge is 0.254 e. The number of likely N-dealkylation sites (tertiary alicyclic amines) is 1. The van der Waals surface area contributed by atoms with Crippen molar-refractivity contribution >= 4 is 45.0 Å². The van der Waals surface area contributed by atoms with Crippen LogP contribution in [0.1, 0.15) is 36.0 Å². The van der Waals surface area contributed by atoms with Crippen molar-refractivity contribution in [2.24, 2.45) is 0 Å². The highest BCUT2D eigenvalue weighted by Gasteiger charge is 2.27. The van der Waals surface area contributed by atoms with Gasteiger partial charge in [0.15, 0.2) is 0 Å². The molecule has 1 fully saturated rings. The second-order valence-corrected chi connectivity index (χ2v) is 6.45. The Balaban J connectivity index is 2.20. The van der Waals surface area contributed by atoms with Crippen LogP contribution in [0.5, 0.6) is 0 Å². The zero-order chi connectivity index (χ0) is 13.8. The molecular weight excluding hydrogens is 349 g/mol. The zero-order valence-corrected chi connectivity index (χ0v) is 13.6. The Morgan fingerprint density at radius 1 is 1.26 bits per heavy atom. The lowest BCUT2D eigenvalue weighted by Crippen LogP contribution is -2.43. The highest BCUT2D eigenvalue weighted by Crippen LogP contribution is 2.25. The van der Waals surface area contributed by atoms with Gasteiger partial charge in [-0.1, -0.05) is 39.1 Å². The van der Waals surface area contributed by atoms with Crippen molar-refractivity contribution in [3.05, 3.63) is 33.8 Å². The van der Waals surface area contributed by atoms with Gasteiger partial charge >= 0.3 is 0 Å². The summed E-state index contributed by atoms with van der Waals surface area (Å²) in [5.41, 5.74) is 0.582. The molecule has 2 rings (SSSR count). The zero-order valence-electron chi connectivity index (χ0n) is 10.5. The maximum absolute atomic E-state index is 12.6. The van der Waals surface area contributed by atoms with Crippen LogP contribution < -0.4 is 0 Å². The molecule has 2 nitrogen and oxygen atoms in total. The molecule has 0 N–H and O–H groups in total. The highest BCUT2D eigenvalue weighted by molar-refractivity contribution is 9.09. The number of rotatable bonds is 3. The Bertz CT molecular complexity index is 445. The number of nitrogens with zero attached hydrogens (tertiary/aromatic N) is 1. The van der Waals surface area contributed by atoms with Crippen molar-refractivity contribution in [3.63, 3.8) is 0 Å². The summed E-state index contributed by atoms with van der Waals surface area (Å²) in [6.07, 6.45) is 4.32. The molecule has 1 aromatic rings. The van der Waals surface area contributed by atoms with Crippen LogP contribution >= 0.6 is 39.1 Å². The molecule has 1 saturated heterocycles.